The van der Waals surface area contributed by atoms with Crippen LogP contribution >= 0.6 is 0 Å². The molecule has 7 heteroatoms. The number of carbonyl (C=O) groups is 2. The Labute approximate surface area is 116 Å². The maximum absolute atomic E-state index is 11.6. The number of ether oxygens (including phenoxy) is 1. The van der Waals surface area contributed by atoms with Gasteiger partial charge in [-0.3, -0.25) is 4.79 Å². The molecule has 5 N–H and O–H groups in total. The number of aliphatic hydroxyl groups is 1. The number of hydrogen-bond donors (Lipinski definition) is 4. The van der Waals surface area contributed by atoms with Crippen LogP contribution in [0.25, 0.3) is 0 Å². The molecule has 0 saturated heterocycles. The van der Waals surface area contributed by atoms with E-state index in [2.05, 4.69) is 10.1 Å². The van der Waals surface area contributed by atoms with Gasteiger partial charge in [-0.15, -0.1) is 0 Å². The van der Waals surface area contributed by atoms with E-state index in [0.29, 0.717) is 0 Å². The minimum absolute atomic E-state index is 0.106. The Morgan fingerprint density at radius 3 is 2.45 bits per heavy atom. The largest absolute Gasteiger partial charge is 0.508 e. The van der Waals surface area contributed by atoms with Crippen molar-refractivity contribution in [1.82, 2.24) is 5.32 Å². The first-order chi connectivity index (χ1) is 9.47. The van der Waals surface area contributed by atoms with Crippen LogP contribution in [0.15, 0.2) is 24.3 Å². The lowest BCUT2D eigenvalue weighted by molar-refractivity contribution is -0.145. The highest BCUT2D eigenvalue weighted by Gasteiger charge is 2.24. The Kier molecular flexibility index (Phi) is 5.95. The number of benzene rings is 1. The standard InChI is InChI=1S/C13H18N2O5/c1-20-13(19)11(15-12(18)10(14)7-16)6-8-2-4-9(17)5-3-8/h2-5,10-11,16-17H,6-7,14H2,1H3,(H,15,18)/t10-,11-/m0/s1. The molecule has 1 aromatic carbocycles. The monoisotopic (exact) mass is 282 g/mol. The Hall–Kier alpha value is -2.12. The quantitative estimate of drug-likeness (QED) is 0.492. The molecule has 7 nitrogen and oxygen atoms in total. The summed E-state index contributed by atoms with van der Waals surface area (Å²) in [6.07, 6.45) is 0.191. The van der Waals surface area contributed by atoms with Gasteiger partial charge in [0.05, 0.1) is 13.7 Å². The lowest BCUT2D eigenvalue weighted by Crippen LogP contribution is -2.50. The number of amides is 1. The predicted molar refractivity (Wildman–Crippen MR) is 70.8 cm³/mol. The third kappa shape index (κ3) is 4.52. The molecule has 0 heterocycles. The number of aliphatic hydroxyl groups excluding tert-OH is 1. The summed E-state index contributed by atoms with van der Waals surface area (Å²) in [7, 11) is 1.21. The van der Waals surface area contributed by atoms with E-state index < -0.39 is 30.6 Å². The number of methoxy groups -OCH3 is 1. The average molecular weight is 282 g/mol. The molecule has 1 amide bonds. The molecule has 0 aliphatic carbocycles. The van der Waals surface area contributed by atoms with Crippen molar-refractivity contribution in [1.29, 1.82) is 0 Å². The van der Waals surface area contributed by atoms with Crippen molar-refractivity contribution in [3.05, 3.63) is 29.8 Å². The minimum Gasteiger partial charge on any atom is -0.508 e. The summed E-state index contributed by atoms with van der Waals surface area (Å²) in [5.41, 5.74) is 6.10. The zero-order chi connectivity index (χ0) is 15.1. The molecule has 0 spiro atoms. The van der Waals surface area contributed by atoms with Crippen molar-refractivity contribution in [2.75, 3.05) is 13.7 Å². The number of phenolic OH excluding ortho intramolecular Hbond substituents is 1. The molecule has 0 fully saturated rings. The van der Waals surface area contributed by atoms with Crippen molar-refractivity contribution in [2.24, 2.45) is 5.73 Å². The van der Waals surface area contributed by atoms with Crippen LogP contribution < -0.4 is 11.1 Å². The maximum atomic E-state index is 11.6. The fourth-order valence-corrected chi connectivity index (χ4v) is 1.56. The van der Waals surface area contributed by atoms with E-state index in [1.807, 2.05) is 0 Å². The predicted octanol–water partition coefficient (Wildman–Crippen LogP) is -1.09. The summed E-state index contributed by atoms with van der Waals surface area (Å²) >= 11 is 0. The van der Waals surface area contributed by atoms with Gasteiger partial charge >= 0.3 is 5.97 Å². The first kappa shape index (κ1) is 15.9. The van der Waals surface area contributed by atoms with Crippen LogP contribution in [0.1, 0.15) is 5.56 Å². The second kappa shape index (κ2) is 7.46. The van der Waals surface area contributed by atoms with Gasteiger partial charge in [0, 0.05) is 6.42 Å². The molecular weight excluding hydrogens is 264 g/mol. The second-order valence-corrected chi connectivity index (χ2v) is 4.24. The van der Waals surface area contributed by atoms with Crippen molar-refractivity contribution in [3.8, 4) is 5.75 Å². The van der Waals surface area contributed by atoms with Gasteiger partial charge in [0.25, 0.3) is 0 Å². The summed E-state index contributed by atoms with van der Waals surface area (Å²) in [6.45, 7) is -0.515. The molecule has 0 bridgehead atoms. The van der Waals surface area contributed by atoms with E-state index in [-0.39, 0.29) is 12.2 Å². The van der Waals surface area contributed by atoms with Crippen molar-refractivity contribution < 1.29 is 24.5 Å². The van der Waals surface area contributed by atoms with Gasteiger partial charge < -0.3 is 26.0 Å². The molecule has 1 rings (SSSR count). The average Bonchev–Trinajstić information content (AvgIpc) is 2.46. The van der Waals surface area contributed by atoms with Gasteiger partial charge in [0.2, 0.25) is 5.91 Å². The molecule has 110 valence electrons. The first-order valence-electron chi connectivity index (χ1n) is 6.00. The summed E-state index contributed by atoms with van der Waals surface area (Å²) < 4.78 is 4.62. The zero-order valence-electron chi connectivity index (χ0n) is 11.1. The molecule has 0 aliphatic rings. The van der Waals surface area contributed by atoms with Gasteiger partial charge in [0.1, 0.15) is 17.8 Å². The Balaban J connectivity index is 2.77. The van der Waals surface area contributed by atoms with Gasteiger partial charge in [0.15, 0.2) is 0 Å². The number of nitrogens with two attached hydrogens (primary N) is 1. The van der Waals surface area contributed by atoms with Crippen LogP contribution in [0.5, 0.6) is 5.75 Å². The lowest BCUT2D eigenvalue weighted by atomic mass is 10.1. The first-order valence-corrected chi connectivity index (χ1v) is 6.00. The fourth-order valence-electron chi connectivity index (χ4n) is 1.56. The SMILES string of the molecule is COC(=O)[C@H](Cc1ccc(O)cc1)NC(=O)[C@@H](N)CO. The number of hydrogen-bond acceptors (Lipinski definition) is 6. The van der Waals surface area contributed by atoms with Crippen LogP contribution in [0.3, 0.4) is 0 Å². The fraction of sp³-hybridized carbons (Fsp3) is 0.385. The van der Waals surface area contributed by atoms with Crippen LogP contribution in [-0.2, 0) is 20.7 Å². The summed E-state index contributed by atoms with van der Waals surface area (Å²) in [4.78, 5) is 23.2. The minimum atomic E-state index is -1.10. The normalized spacial score (nSPS) is 13.3. The molecule has 20 heavy (non-hydrogen) atoms. The Morgan fingerprint density at radius 2 is 1.95 bits per heavy atom. The van der Waals surface area contributed by atoms with Gasteiger partial charge in [-0.2, -0.15) is 0 Å². The van der Waals surface area contributed by atoms with Gasteiger partial charge in [-0.05, 0) is 17.7 Å². The number of phenols is 1. The summed E-state index contributed by atoms with van der Waals surface area (Å²) in [6, 6.07) is 4.21. The highest BCUT2D eigenvalue weighted by atomic mass is 16.5. The molecular formula is C13H18N2O5. The molecule has 2 atom stereocenters. The smallest absolute Gasteiger partial charge is 0.328 e. The second-order valence-electron chi connectivity index (χ2n) is 4.24. The summed E-state index contributed by atoms with van der Waals surface area (Å²) in [5.74, 6) is -1.15. The topological polar surface area (TPSA) is 122 Å². The van der Waals surface area contributed by atoms with Crippen LogP contribution in [0.2, 0.25) is 0 Å². The van der Waals surface area contributed by atoms with Crippen molar-refractivity contribution >= 4 is 11.9 Å². The lowest BCUT2D eigenvalue weighted by Gasteiger charge is -2.18. The third-order valence-electron chi connectivity index (χ3n) is 2.71. The van der Waals surface area contributed by atoms with Crippen molar-refractivity contribution in [3.63, 3.8) is 0 Å². The van der Waals surface area contributed by atoms with E-state index in [0.717, 1.165) is 5.56 Å². The number of carbonyl (C=O) groups excluding carboxylic acids is 2. The molecule has 0 saturated carbocycles. The van der Waals surface area contributed by atoms with Gasteiger partial charge in [-0.1, -0.05) is 12.1 Å². The molecule has 0 radical (unpaired) electrons. The van der Waals surface area contributed by atoms with Crippen LogP contribution in [0, 0.1) is 0 Å². The number of esters is 1. The highest BCUT2D eigenvalue weighted by molar-refractivity contribution is 5.87. The number of nitrogens with one attached hydrogen (secondary N) is 1. The van der Waals surface area contributed by atoms with E-state index in [1.54, 1.807) is 12.1 Å². The Bertz CT molecular complexity index is 460. The molecule has 1 aromatic rings. The number of rotatable bonds is 6. The highest BCUT2D eigenvalue weighted by Crippen LogP contribution is 2.11. The molecule has 0 unspecified atom stereocenters. The molecule has 0 aliphatic heterocycles. The maximum Gasteiger partial charge on any atom is 0.328 e. The third-order valence-corrected chi connectivity index (χ3v) is 2.71. The van der Waals surface area contributed by atoms with Crippen molar-refractivity contribution in [2.45, 2.75) is 18.5 Å². The zero-order valence-corrected chi connectivity index (χ0v) is 11.1. The summed E-state index contributed by atoms with van der Waals surface area (Å²) in [5, 5.41) is 20.4. The van der Waals surface area contributed by atoms with E-state index in [4.69, 9.17) is 10.8 Å². The van der Waals surface area contributed by atoms with E-state index >= 15 is 0 Å². The van der Waals surface area contributed by atoms with Crippen LogP contribution in [0.4, 0.5) is 0 Å². The van der Waals surface area contributed by atoms with Gasteiger partial charge in [-0.25, -0.2) is 4.79 Å². The van der Waals surface area contributed by atoms with E-state index in [1.165, 1.54) is 19.2 Å². The molecule has 0 aromatic heterocycles. The van der Waals surface area contributed by atoms with Crippen LogP contribution in [-0.4, -0.2) is 47.9 Å². The number of aromatic hydroxyl groups is 1. The Morgan fingerprint density at radius 1 is 1.35 bits per heavy atom. The van der Waals surface area contributed by atoms with E-state index in [9.17, 15) is 14.7 Å².